The van der Waals surface area contributed by atoms with Gasteiger partial charge in [-0.05, 0) is 33.3 Å². The van der Waals surface area contributed by atoms with E-state index in [9.17, 15) is 0 Å². The standard InChI is InChI=1S/C16H29NO4/c1-16(2,3)17-12-15-14(6-9-21-15)13-20-11-10-19-8-5-7-18-4/h6,9,17H,5,7-8,10-13H2,1-4H3. The van der Waals surface area contributed by atoms with E-state index in [1.807, 2.05) is 6.07 Å². The van der Waals surface area contributed by atoms with Crippen LogP contribution in [-0.4, -0.2) is 39.1 Å². The fraction of sp³-hybridized carbons (Fsp3) is 0.750. The summed E-state index contributed by atoms with van der Waals surface area (Å²) in [5, 5.41) is 3.41. The highest BCUT2D eigenvalue weighted by Crippen LogP contribution is 2.13. The van der Waals surface area contributed by atoms with Gasteiger partial charge in [0.1, 0.15) is 5.76 Å². The van der Waals surface area contributed by atoms with Gasteiger partial charge in [0.2, 0.25) is 0 Å². The molecule has 0 aliphatic rings. The normalized spacial score (nSPS) is 12.0. The van der Waals surface area contributed by atoms with Crippen LogP contribution < -0.4 is 5.32 Å². The average molecular weight is 299 g/mol. The van der Waals surface area contributed by atoms with Crippen molar-refractivity contribution in [3.05, 3.63) is 23.7 Å². The number of methoxy groups -OCH3 is 1. The summed E-state index contributed by atoms with van der Waals surface area (Å²) in [5.74, 6) is 0.936. The highest BCUT2D eigenvalue weighted by atomic mass is 16.5. The third-order valence-corrected chi connectivity index (χ3v) is 2.88. The van der Waals surface area contributed by atoms with E-state index in [0.29, 0.717) is 33.0 Å². The molecule has 0 saturated carbocycles. The summed E-state index contributed by atoms with van der Waals surface area (Å²) < 4.78 is 21.5. The first-order valence-electron chi connectivity index (χ1n) is 7.47. The smallest absolute Gasteiger partial charge is 0.123 e. The van der Waals surface area contributed by atoms with Gasteiger partial charge in [-0.2, -0.15) is 0 Å². The van der Waals surface area contributed by atoms with Gasteiger partial charge in [0.25, 0.3) is 0 Å². The Bertz CT molecular complexity index is 371. The van der Waals surface area contributed by atoms with Crippen molar-refractivity contribution in [1.82, 2.24) is 5.32 Å². The first-order chi connectivity index (χ1) is 10.0. The minimum Gasteiger partial charge on any atom is -0.468 e. The Kier molecular flexibility index (Phi) is 8.61. The Morgan fingerprint density at radius 3 is 2.57 bits per heavy atom. The zero-order valence-electron chi connectivity index (χ0n) is 13.7. The first-order valence-corrected chi connectivity index (χ1v) is 7.47. The first kappa shape index (κ1) is 18.2. The van der Waals surface area contributed by atoms with Gasteiger partial charge >= 0.3 is 0 Å². The molecule has 0 saturated heterocycles. The lowest BCUT2D eigenvalue weighted by Crippen LogP contribution is -2.35. The van der Waals surface area contributed by atoms with Gasteiger partial charge in [-0.25, -0.2) is 0 Å². The Morgan fingerprint density at radius 2 is 1.86 bits per heavy atom. The van der Waals surface area contributed by atoms with Crippen molar-refractivity contribution in [2.24, 2.45) is 0 Å². The number of ether oxygens (including phenoxy) is 3. The summed E-state index contributed by atoms with van der Waals surface area (Å²) in [6, 6.07) is 1.96. The second-order valence-corrected chi connectivity index (χ2v) is 5.98. The zero-order chi connectivity index (χ0) is 15.6. The monoisotopic (exact) mass is 299 g/mol. The third-order valence-electron chi connectivity index (χ3n) is 2.88. The molecule has 0 atom stereocenters. The zero-order valence-corrected chi connectivity index (χ0v) is 13.7. The largest absolute Gasteiger partial charge is 0.468 e. The Balaban J connectivity index is 2.14. The van der Waals surface area contributed by atoms with Crippen LogP contribution in [0.1, 0.15) is 38.5 Å². The molecule has 1 aromatic rings. The number of furan rings is 1. The van der Waals surface area contributed by atoms with Gasteiger partial charge in [0.15, 0.2) is 0 Å². The van der Waals surface area contributed by atoms with Gasteiger partial charge in [-0.1, -0.05) is 0 Å². The maximum Gasteiger partial charge on any atom is 0.123 e. The Hall–Kier alpha value is -0.880. The number of nitrogens with one attached hydrogen (secondary N) is 1. The summed E-state index contributed by atoms with van der Waals surface area (Å²) in [7, 11) is 1.69. The summed E-state index contributed by atoms with van der Waals surface area (Å²) in [5.41, 5.74) is 1.16. The van der Waals surface area contributed by atoms with Crippen molar-refractivity contribution in [2.45, 2.75) is 45.9 Å². The average Bonchev–Trinajstić information content (AvgIpc) is 2.86. The molecule has 0 amide bonds. The van der Waals surface area contributed by atoms with E-state index in [0.717, 1.165) is 24.4 Å². The lowest BCUT2D eigenvalue weighted by Gasteiger charge is -2.20. The van der Waals surface area contributed by atoms with Crippen molar-refractivity contribution in [3.63, 3.8) is 0 Å². The van der Waals surface area contributed by atoms with Crippen LogP contribution in [0.25, 0.3) is 0 Å². The minimum absolute atomic E-state index is 0.0704. The van der Waals surface area contributed by atoms with E-state index in [1.165, 1.54) is 0 Å². The maximum atomic E-state index is 5.61. The quantitative estimate of drug-likeness (QED) is 0.637. The molecule has 1 N–H and O–H groups in total. The summed E-state index contributed by atoms with van der Waals surface area (Å²) in [6.07, 6.45) is 2.63. The van der Waals surface area contributed by atoms with Crippen LogP contribution in [0.2, 0.25) is 0 Å². The molecule has 0 unspecified atom stereocenters. The molecular formula is C16H29NO4. The van der Waals surface area contributed by atoms with E-state index >= 15 is 0 Å². The fourth-order valence-corrected chi connectivity index (χ4v) is 1.70. The molecule has 0 fully saturated rings. The molecule has 0 aliphatic heterocycles. The molecule has 21 heavy (non-hydrogen) atoms. The molecule has 0 aliphatic carbocycles. The number of rotatable bonds is 11. The highest BCUT2D eigenvalue weighted by molar-refractivity contribution is 5.16. The van der Waals surface area contributed by atoms with Crippen LogP contribution >= 0.6 is 0 Å². The lowest BCUT2D eigenvalue weighted by atomic mass is 10.1. The van der Waals surface area contributed by atoms with Gasteiger partial charge in [0.05, 0.1) is 32.6 Å². The van der Waals surface area contributed by atoms with E-state index in [-0.39, 0.29) is 5.54 Å². The minimum atomic E-state index is 0.0704. The van der Waals surface area contributed by atoms with E-state index in [4.69, 9.17) is 18.6 Å². The van der Waals surface area contributed by atoms with Crippen LogP contribution in [0, 0.1) is 0 Å². The molecule has 1 rings (SSSR count). The SMILES string of the molecule is COCCCOCCOCc1ccoc1CNC(C)(C)C. The Morgan fingerprint density at radius 1 is 1.10 bits per heavy atom. The van der Waals surface area contributed by atoms with Gasteiger partial charge in [-0.15, -0.1) is 0 Å². The molecule has 1 heterocycles. The van der Waals surface area contributed by atoms with Crippen molar-refractivity contribution in [3.8, 4) is 0 Å². The molecular weight excluding hydrogens is 270 g/mol. The lowest BCUT2D eigenvalue weighted by molar-refractivity contribution is 0.0332. The molecule has 0 spiro atoms. The molecule has 5 nitrogen and oxygen atoms in total. The predicted octanol–water partition coefficient (Wildman–Crippen LogP) is 2.74. The summed E-state index contributed by atoms with van der Waals surface area (Å²) >= 11 is 0. The van der Waals surface area contributed by atoms with Crippen molar-refractivity contribution < 1.29 is 18.6 Å². The molecule has 122 valence electrons. The Labute approximate surface area is 127 Å². The molecule has 0 bridgehead atoms. The van der Waals surface area contributed by atoms with Gasteiger partial charge in [-0.3, -0.25) is 0 Å². The van der Waals surface area contributed by atoms with Gasteiger partial charge < -0.3 is 23.9 Å². The van der Waals surface area contributed by atoms with Crippen LogP contribution in [0.15, 0.2) is 16.7 Å². The number of hydrogen-bond donors (Lipinski definition) is 1. The molecule has 0 radical (unpaired) electrons. The van der Waals surface area contributed by atoms with Crippen molar-refractivity contribution >= 4 is 0 Å². The second kappa shape index (κ2) is 9.95. The second-order valence-electron chi connectivity index (χ2n) is 5.98. The van der Waals surface area contributed by atoms with Crippen LogP contribution in [0.4, 0.5) is 0 Å². The third kappa shape index (κ3) is 8.88. The predicted molar refractivity (Wildman–Crippen MR) is 82.3 cm³/mol. The maximum absolute atomic E-state index is 5.61. The van der Waals surface area contributed by atoms with Crippen LogP contribution in [0.5, 0.6) is 0 Å². The molecule has 1 aromatic heterocycles. The molecule has 0 aromatic carbocycles. The molecule has 5 heteroatoms. The van der Waals surface area contributed by atoms with E-state index in [1.54, 1.807) is 13.4 Å². The van der Waals surface area contributed by atoms with Crippen LogP contribution in [-0.2, 0) is 27.4 Å². The summed E-state index contributed by atoms with van der Waals surface area (Å²) in [4.78, 5) is 0. The highest BCUT2D eigenvalue weighted by Gasteiger charge is 2.12. The topological polar surface area (TPSA) is 52.9 Å². The van der Waals surface area contributed by atoms with Crippen molar-refractivity contribution in [1.29, 1.82) is 0 Å². The van der Waals surface area contributed by atoms with E-state index in [2.05, 4.69) is 26.1 Å². The van der Waals surface area contributed by atoms with E-state index < -0.39 is 0 Å². The van der Waals surface area contributed by atoms with Crippen molar-refractivity contribution in [2.75, 3.05) is 33.5 Å². The number of hydrogen-bond acceptors (Lipinski definition) is 5. The summed E-state index contributed by atoms with van der Waals surface area (Å²) in [6.45, 7) is 10.3. The van der Waals surface area contributed by atoms with Crippen LogP contribution in [0.3, 0.4) is 0 Å². The fourth-order valence-electron chi connectivity index (χ4n) is 1.70. The van der Waals surface area contributed by atoms with Gasteiger partial charge in [0, 0.05) is 31.4 Å².